The molecule has 1 atom stereocenters. The van der Waals surface area contributed by atoms with E-state index in [1.54, 1.807) is 6.08 Å². The number of rotatable bonds is 1. The van der Waals surface area contributed by atoms with Crippen LogP contribution >= 0.6 is 0 Å². The predicted molar refractivity (Wildman–Crippen MR) is 32.9 cm³/mol. The summed E-state index contributed by atoms with van der Waals surface area (Å²) in [6, 6.07) is 0. The second kappa shape index (κ2) is 2.58. The molecule has 0 radical (unpaired) electrons. The van der Waals surface area contributed by atoms with E-state index < -0.39 is 0 Å². The molecule has 0 saturated heterocycles. The monoisotopic (exact) mass is 124 g/mol. The van der Waals surface area contributed by atoms with Crippen LogP contribution in [0.25, 0.3) is 0 Å². The van der Waals surface area contributed by atoms with E-state index in [0.29, 0.717) is 12.8 Å². The van der Waals surface area contributed by atoms with Crippen LogP contribution in [0.1, 0.15) is 12.8 Å². The molecule has 2 nitrogen and oxygen atoms in total. The summed E-state index contributed by atoms with van der Waals surface area (Å²) in [4.78, 5) is 20.6. The smallest absolute Gasteiger partial charge is 0.155 e. The Morgan fingerprint density at radius 3 is 2.89 bits per heavy atom. The van der Waals surface area contributed by atoms with Crippen LogP contribution in [0.5, 0.6) is 0 Å². The molecule has 1 aliphatic carbocycles. The summed E-state index contributed by atoms with van der Waals surface area (Å²) in [5, 5.41) is 0. The standard InChI is InChI=1S/C7H8O2/c8-5-6-1-3-7(9)4-2-6/h1,3,5-6H,2,4H2. The van der Waals surface area contributed by atoms with Crippen molar-refractivity contribution in [2.24, 2.45) is 5.92 Å². The maximum Gasteiger partial charge on any atom is 0.155 e. The molecule has 0 spiro atoms. The quantitative estimate of drug-likeness (QED) is 0.483. The minimum Gasteiger partial charge on any atom is -0.303 e. The molecule has 48 valence electrons. The van der Waals surface area contributed by atoms with Crippen molar-refractivity contribution in [2.45, 2.75) is 12.8 Å². The van der Waals surface area contributed by atoms with Crippen molar-refractivity contribution >= 4 is 12.1 Å². The zero-order valence-corrected chi connectivity index (χ0v) is 5.04. The lowest BCUT2D eigenvalue weighted by molar-refractivity contribution is -0.115. The molecule has 0 aromatic heterocycles. The molecule has 0 heterocycles. The van der Waals surface area contributed by atoms with Crippen LogP contribution in [0.15, 0.2) is 12.2 Å². The molecule has 9 heavy (non-hydrogen) atoms. The molecule has 1 rings (SSSR count). The normalized spacial score (nSPS) is 26.2. The van der Waals surface area contributed by atoms with Crippen molar-refractivity contribution < 1.29 is 9.59 Å². The van der Waals surface area contributed by atoms with Crippen molar-refractivity contribution in [1.82, 2.24) is 0 Å². The number of carbonyl (C=O) groups excluding carboxylic acids is 2. The van der Waals surface area contributed by atoms with Gasteiger partial charge in [0.2, 0.25) is 0 Å². The molecule has 0 fully saturated rings. The fraction of sp³-hybridized carbons (Fsp3) is 0.429. The summed E-state index contributed by atoms with van der Waals surface area (Å²) >= 11 is 0. The highest BCUT2D eigenvalue weighted by Gasteiger charge is 2.10. The van der Waals surface area contributed by atoms with Gasteiger partial charge in [0, 0.05) is 12.3 Å². The maximum absolute atomic E-state index is 10.5. The highest BCUT2D eigenvalue weighted by atomic mass is 16.1. The predicted octanol–water partition coefficient (Wildman–Crippen LogP) is 0.721. The van der Waals surface area contributed by atoms with E-state index in [1.807, 2.05) is 0 Å². The molecule has 0 aromatic rings. The molecule has 0 aromatic carbocycles. The minimum absolute atomic E-state index is 0.0114. The Bertz CT molecular complexity index is 158. The van der Waals surface area contributed by atoms with Crippen LogP contribution in [0, 0.1) is 5.92 Å². The molecule has 0 amide bonds. The number of aldehydes is 1. The molecular weight excluding hydrogens is 116 g/mol. The fourth-order valence-electron chi connectivity index (χ4n) is 0.833. The SMILES string of the molecule is O=CC1C=CC(=O)CC1. The number of hydrogen-bond donors (Lipinski definition) is 0. The Balaban J connectivity index is 2.57. The fourth-order valence-corrected chi connectivity index (χ4v) is 0.833. The first-order chi connectivity index (χ1) is 4.33. The van der Waals surface area contributed by atoms with Gasteiger partial charge in [0.05, 0.1) is 0 Å². The van der Waals surface area contributed by atoms with Crippen LogP contribution < -0.4 is 0 Å². The summed E-state index contributed by atoms with van der Waals surface area (Å²) in [6.07, 6.45) is 5.25. The van der Waals surface area contributed by atoms with Crippen molar-refractivity contribution in [2.75, 3.05) is 0 Å². The van der Waals surface area contributed by atoms with E-state index >= 15 is 0 Å². The van der Waals surface area contributed by atoms with Gasteiger partial charge in [0.15, 0.2) is 5.78 Å². The lowest BCUT2D eigenvalue weighted by Gasteiger charge is -2.06. The van der Waals surface area contributed by atoms with E-state index in [0.717, 1.165) is 6.29 Å². The van der Waals surface area contributed by atoms with E-state index in [1.165, 1.54) is 6.08 Å². The van der Waals surface area contributed by atoms with E-state index in [9.17, 15) is 9.59 Å². The van der Waals surface area contributed by atoms with Crippen LogP contribution in [0.2, 0.25) is 0 Å². The lowest BCUT2D eigenvalue weighted by Crippen LogP contribution is -2.07. The number of allylic oxidation sites excluding steroid dienone is 2. The molecule has 2 heteroatoms. The highest BCUT2D eigenvalue weighted by Crippen LogP contribution is 2.11. The van der Waals surface area contributed by atoms with Gasteiger partial charge >= 0.3 is 0 Å². The third-order valence-corrected chi connectivity index (χ3v) is 1.43. The zero-order valence-electron chi connectivity index (χ0n) is 5.04. The molecule has 1 aliphatic rings. The first-order valence-corrected chi connectivity index (χ1v) is 2.99. The van der Waals surface area contributed by atoms with Crippen molar-refractivity contribution in [3.05, 3.63) is 12.2 Å². The van der Waals surface area contributed by atoms with Gasteiger partial charge in [-0.3, -0.25) is 4.79 Å². The molecule has 0 bridgehead atoms. The third-order valence-electron chi connectivity index (χ3n) is 1.43. The lowest BCUT2D eigenvalue weighted by atomic mass is 9.97. The average molecular weight is 124 g/mol. The largest absolute Gasteiger partial charge is 0.303 e. The van der Waals surface area contributed by atoms with Gasteiger partial charge in [0.25, 0.3) is 0 Å². The molecule has 0 aliphatic heterocycles. The molecule has 0 saturated carbocycles. The number of carbonyl (C=O) groups is 2. The zero-order chi connectivity index (χ0) is 6.69. The minimum atomic E-state index is -0.0114. The first-order valence-electron chi connectivity index (χ1n) is 2.99. The Kier molecular flexibility index (Phi) is 1.78. The first kappa shape index (κ1) is 6.20. The Hall–Kier alpha value is -0.920. The Morgan fingerprint density at radius 2 is 2.44 bits per heavy atom. The number of hydrogen-bond acceptors (Lipinski definition) is 2. The maximum atomic E-state index is 10.5. The summed E-state index contributed by atoms with van der Waals surface area (Å²) < 4.78 is 0. The molecular formula is C7H8O2. The van der Waals surface area contributed by atoms with Gasteiger partial charge < -0.3 is 4.79 Å². The second-order valence-corrected chi connectivity index (χ2v) is 2.16. The van der Waals surface area contributed by atoms with Crippen LogP contribution in [0.3, 0.4) is 0 Å². The van der Waals surface area contributed by atoms with Gasteiger partial charge in [-0.2, -0.15) is 0 Å². The van der Waals surface area contributed by atoms with Crippen molar-refractivity contribution in [3.8, 4) is 0 Å². The summed E-state index contributed by atoms with van der Waals surface area (Å²) in [5.74, 6) is 0.121. The highest BCUT2D eigenvalue weighted by molar-refractivity contribution is 5.91. The van der Waals surface area contributed by atoms with Crippen LogP contribution in [0.4, 0.5) is 0 Å². The summed E-state index contributed by atoms with van der Waals surface area (Å²) in [7, 11) is 0. The van der Waals surface area contributed by atoms with Gasteiger partial charge in [0.1, 0.15) is 6.29 Å². The average Bonchev–Trinajstić information content (AvgIpc) is 1.90. The van der Waals surface area contributed by atoms with E-state index in [-0.39, 0.29) is 11.7 Å². The van der Waals surface area contributed by atoms with Gasteiger partial charge in [-0.05, 0) is 12.5 Å². The third kappa shape index (κ3) is 1.49. The summed E-state index contributed by atoms with van der Waals surface area (Å²) in [6.45, 7) is 0. The Morgan fingerprint density at radius 1 is 1.67 bits per heavy atom. The van der Waals surface area contributed by atoms with Crippen LogP contribution in [-0.4, -0.2) is 12.1 Å². The molecule has 1 unspecified atom stereocenters. The van der Waals surface area contributed by atoms with Crippen LogP contribution in [-0.2, 0) is 9.59 Å². The van der Waals surface area contributed by atoms with Gasteiger partial charge in [-0.25, -0.2) is 0 Å². The van der Waals surface area contributed by atoms with E-state index in [2.05, 4.69) is 0 Å². The van der Waals surface area contributed by atoms with Gasteiger partial charge in [-0.1, -0.05) is 6.08 Å². The Labute approximate surface area is 53.6 Å². The van der Waals surface area contributed by atoms with Crippen molar-refractivity contribution in [3.63, 3.8) is 0 Å². The summed E-state index contributed by atoms with van der Waals surface area (Å²) in [5.41, 5.74) is 0. The van der Waals surface area contributed by atoms with E-state index in [4.69, 9.17) is 0 Å². The second-order valence-electron chi connectivity index (χ2n) is 2.16. The molecule has 0 N–H and O–H groups in total. The number of ketones is 1. The van der Waals surface area contributed by atoms with Gasteiger partial charge in [-0.15, -0.1) is 0 Å². The van der Waals surface area contributed by atoms with Crippen molar-refractivity contribution in [1.29, 1.82) is 0 Å². The topological polar surface area (TPSA) is 34.1 Å².